The summed E-state index contributed by atoms with van der Waals surface area (Å²) in [4.78, 5) is -2.91. The van der Waals surface area contributed by atoms with E-state index in [1.54, 1.807) is 0 Å². The summed E-state index contributed by atoms with van der Waals surface area (Å²) in [6, 6.07) is 0. The highest BCUT2D eigenvalue weighted by Gasteiger charge is 2.41. The highest BCUT2D eigenvalue weighted by molar-refractivity contribution is 9.10. The molecule has 1 rings (SSSR count). The standard InChI is InChI=1S/C8H13BrF2O/c9-8(10,11)6-4-2-1-3-5-7(6)12/h6-7,12H,1-5H2/t6-,7-/m1/s1. The van der Waals surface area contributed by atoms with Crippen LogP contribution < -0.4 is 0 Å². The lowest BCUT2D eigenvalue weighted by Crippen LogP contribution is -2.31. The first-order chi connectivity index (χ1) is 5.52. The van der Waals surface area contributed by atoms with E-state index in [-0.39, 0.29) is 0 Å². The van der Waals surface area contributed by atoms with Crippen molar-refractivity contribution in [2.45, 2.75) is 43.0 Å². The van der Waals surface area contributed by atoms with Crippen LogP contribution in [0.15, 0.2) is 0 Å². The van der Waals surface area contributed by atoms with E-state index in [2.05, 4.69) is 15.9 Å². The van der Waals surface area contributed by atoms with Crippen LogP contribution in [0.2, 0.25) is 0 Å². The summed E-state index contributed by atoms with van der Waals surface area (Å²) >= 11 is 2.32. The lowest BCUT2D eigenvalue weighted by Gasteiger charge is -2.24. The summed E-state index contributed by atoms with van der Waals surface area (Å²) in [6.45, 7) is 0. The molecule has 2 atom stereocenters. The molecule has 0 aromatic carbocycles. The molecule has 4 heteroatoms. The van der Waals surface area contributed by atoms with E-state index in [9.17, 15) is 13.9 Å². The third-order valence-corrected chi connectivity index (χ3v) is 2.99. The van der Waals surface area contributed by atoms with Crippen LogP contribution in [0, 0.1) is 5.92 Å². The first kappa shape index (κ1) is 10.4. The highest BCUT2D eigenvalue weighted by atomic mass is 79.9. The van der Waals surface area contributed by atoms with E-state index in [0.717, 1.165) is 19.3 Å². The fourth-order valence-electron chi connectivity index (χ4n) is 1.67. The van der Waals surface area contributed by atoms with Crippen molar-refractivity contribution in [1.29, 1.82) is 0 Å². The number of halogens is 3. The fourth-order valence-corrected chi connectivity index (χ4v) is 2.20. The third kappa shape index (κ3) is 2.66. The predicted octanol–water partition coefficient (Wildman–Crippen LogP) is 2.92. The molecule has 0 aromatic heterocycles. The zero-order chi connectivity index (χ0) is 9.19. The first-order valence-corrected chi connectivity index (χ1v) is 5.06. The summed E-state index contributed by atoms with van der Waals surface area (Å²) in [5.41, 5.74) is 0. The maximum Gasteiger partial charge on any atom is 0.306 e. The molecule has 12 heavy (non-hydrogen) atoms. The molecule has 0 spiro atoms. The average Bonchev–Trinajstić information content (AvgIpc) is 2.11. The molecule has 1 saturated carbocycles. The van der Waals surface area contributed by atoms with Crippen molar-refractivity contribution < 1.29 is 13.9 Å². The van der Waals surface area contributed by atoms with Crippen molar-refractivity contribution in [3.63, 3.8) is 0 Å². The lowest BCUT2D eigenvalue weighted by atomic mass is 9.98. The molecule has 72 valence electrons. The molecule has 1 N–H and O–H groups in total. The van der Waals surface area contributed by atoms with Gasteiger partial charge in [0, 0.05) is 0 Å². The Morgan fingerprint density at radius 1 is 1.17 bits per heavy atom. The summed E-state index contributed by atoms with van der Waals surface area (Å²) in [6.07, 6.45) is 2.69. The number of aliphatic hydroxyl groups is 1. The molecule has 1 fully saturated rings. The van der Waals surface area contributed by atoms with Gasteiger partial charge in [0.15, 0.2) is 0 Å². The van der Waals surface area contributed by atoms with Crippen LogP contribution in [-0.4, -0.2) is 16.0 Å². The van der Waals surface area contributed by atoms with Crippen molar-refractivity contribution in [1.82, 2.24) is 0 Å². The van der Waals surface area contributed by atoms with Crippen LogP contribution in [0.25, 0.3) is 0 Å². The van der Waals surface area contributed by atoms with Gasteiger partial charge >= 0.3 is 4.83 Å². The van der Waals surface area contributed by atoms with Gasteiger partial charge in [-0.3, -0.25) is 0 Å². The molecule has 1 aliphatic carbocycles. The largest absolute Gasteiger partial charge is 0.393 e. The molecular weight excluding hydrogens is 230 g/mol. The quantitative estimate of drug-likeness (QED) is 0.554. The normalized spacial score (nSPS) is 33.0. The summed E-state index contributed by atoms with van der Waals surface area (Å²) in [7, 11) is 0. The second kappa shape index (κ2) is 4.01. The van der Waals surface area contributed by atoms with Crippen LogP contribution in [0.1, 0.15) is 32.1 Å². The van der Waals surface area contributed by atoms with Gasteiger partial charge < -0.3 is 5.11 Å². The van der Waals surface area contributed by atoms with Gasteiger partial charge in [0.2, 0.25) is 0 Å². The smallest absolute Gasteiger partial charge is 0.306 e. The van der Waals surface area contributed by atoms with Crippen LogP contribution >= 0.6 is 15.9 Å². The molecule has 0 bridgehead atoms. The average molecular weight is 243 g/mol. The van der Waals surface area contributed by atoms with Gasteiger partial charge in [0.1, 0.15) is 0 Å². The van der Waals surface area contributed by atoms with E-state index in [0.29, 0.717) is 12.8 Å². The minimum absolute atomic E-state index is 0.416. The van der Waals surface area contributed by atoms with Gasteiger partial charge in [0.25, 0.3) is 0 Å². The van der Waals surface area contributed by atoms with Crippen LogP contribution in [0.4, 0.5) is 8.78 Å². The number of aliphatic hydroxyl groups excluding tert-OH is 1. The van der Waals surface area contributed by atoms with Crippen molar-refractivity contribution in [2.75, 3.05) is 0 Å². The molecule has 0 heterocycles. The molecule has 1 nitrogen and oxygen atoms in total. The van der Waals surface area contributed by atoms with E-state index < -0.39 is 16.9 Å². The van der Waals surface area contributed by atoms with Crippen LogP contribution in [-0.2, 0) is 0 Å². The fraction of sp³-hybridized carbons (Fsp3) is 1.00. The monoisotopic (exact) mass is 242 g/mol. The Kier molecular flexibility index (Phi) is 3.47. The minimum atomic E-state index is -2.91. The summed E-state index contributed by atoms with van der Waals surface area (Å²) < 4.78 is 25.6. The van der Waals surface area contributed by atoms with Gasteiger partial charge in [-0.25, -0.2) is 0 Å². The zero-order valence-corrected chi connectivity index (χ0v) is 8.36. The van der Waals surface area contributed by atoms with Crippen molar-refractivity contribution in [3.05, 3.63) is 0 Å². The van der Waals surface area contributed by atoms with Gasteiger partial charge in [-0.2, -0.15) is 8.78 Å². The lowest BCUT2D eigenvalue weighted by molar-refractivity contribution is -0.0311. The Labute approximate surface area is 79.3 Å². The summed E-state index contributed by atoms with van der Waals surface area (Å²) in [5, 5.41) is 9.37. The van der Waals surface area contributed by atoms with Gasteiger partial charge in [-0.05, 0) is 28.8 Å². The van der Waals surface area contributed by atoms with Gasteiger partial charge in [0.05, 0.1) is 12.0 Å². The molecule has 0 amide bonds. The van der Waals surface area contributed by atoms with Crippen LogP contribution in [0.5, 0.6) is 0 Å². The van der Waals surface area contributed by atoms with Crippen molar-refractivity contribution >= 4 is 15.9 Å². The van der Waals surface area contributed by atoms with Gasteiger partial charge in [-0.1, -0.05) is 19.3 Å². The van der Waals surface area contributed by atoms with Crippen molar-refractivity contribution in [2.24, 2.45) is 5.92 Å². The molecule has 0 aromatic rings. The second-order valence-corrected chi connectivity index (χ2v) is 4.41. The number of alkyl halides is 3. The maximum absolute atomic E-state index is 12.8. The molecular formula is C8H13BrF2O. The number of hydrogen-bond acceptors (Lipinski definition) is 1. The van der Waals surface area contributed by atoms with E-state index in [1.807, 2.05) is 0 Å². The SMILES string of the molecule is O[C@@H]1CCCCC[C@H]1C(F)(F)Br. The molecule has 0 aliphatic heterocycles. The van der Waals surface area contributed by atoms with Gasteiger partial charge in [-0.15, -0.1) is 0 Å². The molecule has 1 aliphatic rings. The third-order valence-electron chi connectivity index (χ3n) is 2.40. The topological polar surface area (TPSA) is 20.2 Å². The number of hydrogen-bond donors (Lipinski definition) is 1. The molecule has 0 saturated heterocycles. The Balaban J connectivity index is 2.59. The predicted molar refractivity (Wildman–Crippen MR) is 46.5 cm³/mol. The Morgan fingerprint density at radius 2 is 1.75 bits per heavy atom. The van der Waals surface area contributed by atoms with E-state index >= 15 is 0 Å². The molecule has 0 radical (unpaired) electrons. The van der Waals surface area contributed by atoms with Crippen molar-refractivity contribution in [3.8, 4) is 0 Å². The maximum atomic E-state index is 12.8. The molecule has 0 unspecified atom stereocenters. The zero-order valence-electron chi connectivity index (χ0n) is 6.77. The first-order valence-electron chi connectivity index (χ1n) is 4.26. The van der Waals surface area contributed by atoms with E-state index in [4.69, 9.17) is 0 Å². The Morgan fingerprint density at radius 3 is 2.33 bits per heavy atom. The highest BCUT2D eigenvalue weighted by Crippen LogP contribution is 2.39. The second-order valence-electron chi connectivity index (χ2n) is 3.35. The Hall–Kier alpha value is 0.300. The minimum Gasteiger partial charge on any atom is -0.393 e. The van der Waals surface area contributed by atoms with E-state index in [1.165, 1.54) is 0 Å². The number of rotatable bonds is 1. The Bertz CT molecular complexity index is 146. The summed E-state index contributed by atoms with van der Waals surface area (Å²) in [5.74, 6) is -0.903. The van der Waals surface area contributed by atoms with Crippen LogP contribution in [0.3, 0.4) is 0 Å².